The molecule has 0 bridgehead atoms. The standard InChI is InChI=1S/C28H24N8O2S2/c1-39-28-32-24(15-19-7-2-4-11-29-19)27(37)36(28)14-6-13-35-17-20(33-34-35)18-38-21-9-10-22-25(16-21)40-26(31-22)23-8-3-5-12-30-23/h2-5,7-12,15-17H,6,13-14,18H2,1H3/b24-15-. The third-order valence-corrected chi connectivity index (χ3v) is 7.77. The molecule has 1 aromatic carbocycles. The number of hydrogen-bond acceptors (Lipinski definition) is 10. The number of amides is 1. The van der Waals surface area contributed by atoms with Crippen molar-refractivity contribution in [1.82, 2.24) is 34.8 Å². The van der Waals surface area contributed by atoms with Gasteiger partial charge in [0.1, 0.15) is 28.8 Å². The van der Waals surface area contributed by atoms with Crippen LogP contribution in [0.15, 0.2) is 83.9 Å². The summed E-state index contributed by atoms with van der Waals surface area (Å²) >= 11 is 3.03. The number of pyridine rings is 2. The number of amidine groups is 1. The molecule has 0 saturated heterocycles. The van der Waals surface area contributed by atoms with Gasteiger partial charge in [-0.15, -0.1) is 16.4 Å². The summed E-state index contributed by atoms with van der Waals surface area (Å²) < 4.78 is 8.78. The van der Waals surface area contributed by atoms with Crippen LogP contribution in [-0.2, 0) is 17.9 Å². The van der Waals surface area contributed by atoms with E-state index in [1.807, 2.05) is 67.0 Å². The van der Waals surface area contributed by atoms with Crippen LogP contribution in [0.3, 0.4) is 0 Å². The molecule has 200 valence electrons. The summed E-state index contributed by atoms with van der Waals surface area (Å²) in [7, 11) is 0. The molecule has 0 N–H and O–H groups in total. The third-order valence-electron chi connectivity index (χ3n) is 6.05. The van der Waals surface area contributed by atoms with Gasteiger partial charge in [-0.05, 0) is 61.2 Å². The number of benzene rings is 1. The number of aromatic nitrogens is 6. The molecule has 0 fully saturated rings. The Labute approximate surface area is 238 Å². The molecule has 0 aliphatic carbocycles. The molecule has 5 aromatic rings. The summed E-state index contributed by atoms with van der Waals surface area (Å²) in [5, 5.41) is 10.0. The first-order valence-electron chi connectivity index (χ1n) is 12.6. The molecular formula is C28H24N8O2S2. The minimum absolute atomic E-state index is 0.118. The lowest BCUT2D eigenvalue weighted by Crippen LogP contribution is -2.31. The van der Waals surface area contributed by atoms with Crippen molar-refractivity contribution >= 4 is 50.5 Å². The predicted octanol–water partition coefficient (Wildman–Crippen LogP) is 4.92. The molecule has 1 amide bonds. The van der Waals surface area contributed by atoms with Crippen LogP contribution in [0.4, 0.5) is 0 Å². The summed E-state index contributed by atoms with van der Waals surface area (Å²) in [6, 6.07) is 17.2. The number of carbonyl (C=O) groups excluding carboxylic acids is 1. The Morgan fingerprint density at radius 3 is 2.73 bits per heavy atom. The van der Waals surface area contributed by atoms with Gasteiger partial charge < -0.3 is 4.74 Å². The molecule has 4 aromatic heterocycles. The van der Waals surface area contributed by atoms with Crippen molar-refractivity contribution in [2.24, 2.45) is 4.99 Å². The number of nitrogens with zero attached hydrogens (tertiary/aromatic N) is 8. The highest BCUT2D eigenvalue weighted by molar-refractivity contribution is 8.13. The van der Waals surface area contributed by atoms with E-state index in [0.717, 1.165) is 32.4 Å². The van der Waals surface area contributed by atoms with E-state index in [0.29, 0.717) is 42.7 Å². The zero-order valence-electron chi connectivity index (χ0n) is 21.5. The van der Waals surface area contributed by atoms with Crippen LogP contribution in [0.5, 0.6) is 5.75 Å². The first kappa shape index (κ1) is 25.8. The Bertz CT molecular complexity index is 1700. The number of fused-ring (bicyclic) bond motifs is 1. The quantitative estimate of drug-likeness (QED) is 0.231. The first-order chi connectivity index (χ1) is 19.7. The fraction of sp³-hybridized carbons (Fsp3) is 0.179. The lowest BCUT2D eigenvalue weighted by Gasteiger charge is -2.16. The van der Waals surface area contributed by atoms with Crippen LogP contribution < -0.4 is 4.74 Å². The third kappa shape index (κ3) is 5.77. The second-order valence-electron chi connectivity index (χ2n) is 8.82. The fourth-order valence-corrected chi connectivity index (χ4v) is 5.70. The second kappa shape index (κ2) is 11.8. The Morgan fingerprint density at radius 1 is 1.05 bits per heavy atom. The molecule has 0 radical (unpaired) electrons. The Balaban J connectivity index is 1.02. The number of aryl methyl sites for hydroxylation is 1. The summed E-state index contributed by atoms with van der Waals surface area (Å²) in [5.74, 6) is 0.622. The van der Waals surface area contributed by atoms with Gasteiger partial charge in [-0.3, -0.25) is 24.3 Å². The topological polar surface area (TPSA) is 111 Å². The number of carbonyl (C=O) groups is 1. The van der Waals surface area contributed by atoms with Gasteiger partial charge in [0, 0.05) is 25.5 Å². The largest absolute Gasteiger partial charge is 0.487 e. The molecule has 0 unspecified atom stereocenters. The second-order valence-corrected chi connectivity index (χ2v) is 10.6. The maximum atomic E-state index is 12.9. The number of thiazole rings is 1. The SMILES string of the molecule is CSC1=N/C(=C\c2ccccn2)C(=O)N1CCCn1cc(COc2ccc3nc(-c4ccccn4)sc3c2)nn1. The van der Waals surface area contributed by atoms with Gasteiger partial charge in [-0.25, -0.2) is 9.98 Å². The van der Waals surface area contributed by atoms with Crippen LogP contribution in [0, 0.1) is 0 Å². The van der Waals surface area contributed by atoms with Crippen molar-refractivity contribution in [2.45, 2.75) is 19.6 Å². The van der Waals surface area contributed by atoms with Gasteiger partial charge in [-0.2, -0.15) is 0 Å². The minimum atomic E-state index is -0.118. The van der Waals surface area contributed by atoms with Crippen molar-refractivity contribution in [3.8, 4) is 16.5 Å². The molecule has 12 heteroatoms. The van der Waals surface area contributed by atoms with E-state index in [2.05, 4.69) is 30.3 Å². The molecule has 6 rings (SSSR count). The molecule has 0 atom stereocenters. The summed E-state index contributed by atoms with van der Waals surface area (Å²) in [6.07, 6.45) is 9.66. The Hall–Kier alpha value is -4.42. The van der Waals surface area contributed by atoms with Gasteiger partial charge in [-0.1, -0.05) is 29.1 Å². The lowest BCUT2D eigenvalue weighted by atomic mass is 10.3. The fourth-order valence-electron chi connectivity index (χ4n) is 4.14. The van der Waals surface area contributed by atoms with Gasteiger partial charge in [0.15, 0.2) is 5.17 Å². The van der Waals surface area contributed by atoms with E-state index < -0.39 is 0 Å². The number of thioether (sulfide) groups is 1. The van der Waals surface area contributed by atoms with Crippen molar-refractivity contribution in [3.05, 3.63) is 90.3 Å². The monoisotopic (exact) mass is 568 g/mol. The molecular weight excluding hydrogens is 544 g/mol. The average molecular weight is 569 g/mol. The molecule has 0 spiro atoms. The summed E-state index contributed by atoms with van der Waals surface area (Å²) in [5.41, 5.74) is 3.59. The molecule has 1 aliphatic rings. The zero-order chi connectivity index (χ0) is 27.3. The van der Waals surface area contributed by atoms with E-state index in [1.165, 1.54) is 11.8 Å². The highest BCUT2D eigenvalue weighted by Gasteiger charge is 2.29. The van der Waals surface area contributed by atoms with Gasteiger partial charge in [0.05, 0.1) is 27.8 Å². The minimum Gasteiger partial charge on any atom is -0.487 e. The predicted molar refractivity (Wildman–Crippen MR) is 157 cm³/mol. The Morgan fingerprint density at radius 2 is 1.93 bits per heavy atom. The number of rotatable bonds is 9. The zero-order valence-corrected chi connectivity index (χ0v) is 23.2. The normalized spacial score (nSPS) is 14.3. The Kier molecular flexibility index (Phi) is 7.60. The maximum Gasteiger partial charge on any atom is 0.278 e. The van der Waals surface area contributed by atoms with Gasteiger partial charge >= 0.3 is 0 Å². The lowest BCUT2D eigenvalue weighted by molar-refractivity contribution is -0.122. The van der Waals surface area contributed by atoms with Crippen molar-refractivity contribution in [1.29, 1.82) is 0 Å². The molecule has 10 nitrogen and oxygen atoms in total. The highest BCUT2D eigenvalue weighted by Crippen LogP contribution is 2.31. The van der Waals surface area contributed by atoms with Crippen LogP contribution in [0.1, 0.15) is 17.8 Å². The van der Waals surface area contributed by atoms with Crippen LogP contribution >= 0.6 is 23.1 Å². The van der Waals surface area contributed by atoms with E-state index in [-0.39, 0.29) is 5.91 Å². The van der Waals surface area contributed by atoms with E-state index in [1.54, 1.807) is 39.4 Å². The first-order valence-corrected chi connectivity index (χ1v) is 14.6. The van der Waals surface area contributed by atoms with E-state index in [9.17, 15) is 4.79 Å². The van der Waals surface area contributed by atoms with Gasteiger partial charge in [0.2, 0.25) is 0 Å². The van der Waals surface area contributed by atoms with Crippen molar-refractivity contribution < 1.29 is 9.53 Å². The van der Waals surface area contributed by atoms with E-state index in [4.69, 9.17) is 4.74 Å². The van der Waals surface area contributed by atoms with Crippen molar-refractivity contribution in [2.75, 3.05) is 12.8 Å². The number of aliphatic imine (C=N–C) groups is 1. The molecule has 40 heavy (non-hydrogen) atoms. The van der Waals surface area contributed by atoms with Crippen LogP contribution in [0.2, 0.25) is 0 Å². The highest BCUT2D eigenvalue weighted by atomic mass is 32.2. The summed E-state index contributed by atoms with van der Waals surface area (Å²) in [6.45, 7) is 1.44. The van der Waals surface area contributed by atoms with E-state index >= 15 is 0 Å². The molecule has 1 aliphatic heterocycles. The van der Waals surface area contributed by atoms with Crippen LogP contribution in [-0.4, -0.2) is 58.7 Å². The average Bonchev–Trinajstić information content (AvgIpc) is 3.71. The number of ether oxygens (including phenoxy) is 1. The van der Waals surface area contributed by atoms with Gasteiger partial charge in [0.25, 0.3) is 5.91 Å². The molecule has 5 heterocycles. The smallest absolute Gasteiger partial charge is 0.278 e. The summed E-state index contributed by atoms with van der Waals surface area (Å²) in [4.78, 5) is 32.5. The van der Waals surface area contributed by atoms with Crippen molar-refractivity contribution in [3.63, 3.8) is 0 Å². The van der Waals surface area contributed by atoms with Crippen LogP contribution in [0.25, 0.3) is 27.0 Å². The molecule has 0 saturated carbocycles. The number of hydrogen-bond donors (Lipinski definition) is 0. The maximum absolute atomic E-state index is 12.9.